The van der Waals surface area contributed by atoms with E-state index in [1.807, 2.05) is 24.3 Å². The molecule has 0 saturated heterocycles. The summed E-state index contributed by atoms with van der Waals surface area (Å²) in [5, 5.41) is 8.78. The van der Waals surface area contributed by atoms with E-state index in [0.29, 0.717) is 0 Å². The molecule has 1 atom stereocenters. The van der Waals surface area contributed by atoms with E-state index in [1.165, 1.54) is 0 Å². The number of nitriles is 1. The van der Waals surface area contributed by atoms with E-state index >= 15 is 0 Å². The number of halogens is 1. The zero-order valence-electron chi connectivity index (χ0n) is 6.58. The molecule has 0 fully saturated rings. The minimum atomic E-state index is -0.694. The minimum Gasteiger partial charge on any atom is -0.196 e. The summed E-state index contributed by atoms with van der Waals surface area (Å²) in [5.74, 6) is 0. The third-order valence-electron chi connectivity index (χ3n) is 1.62. The second-order valence-electron chi connectivity index (χ2n) is 2.69. The Morgan fingerprint density at radius 2 is 1.92 bits per heavy atom. The van der Waals surface area contributed by atoms with Gasteiger partial charge in [0.2, 0.25) is 0 Å². The standard InChI is InChI=1S/C9H8BrNS/c1-9(12,6-11)7-2-4-8(10)5-3-7/h2-5,12H,1H3. The SMILES string of the molecule is CC(S)(C#N)c1ccc(Br)cc1. The molecular formula is C9H8BrNS. The van der Waals surface area contributed by atoms with E-state index in [1.54, 1.807) is 6.92 Å². The van der Waals surface area contributed by atoms with E-state index in [9.17, 15) is 0 Å². The van der Waals surface area contributed by atoms with Crippen molar-refractivity contribution in [1.82, 2.24) is 0 Å². The third-order valence-corrected chi connectivity index (χ3v) is 2.51. The number of hydrogen-bond acceptors (Lipinski definition) is 2. The molecule has 1 aromatic carbocycles. The maximum atomic E-state index is 8.78. The molecule has 0 amide bonds. The van der Waals surface area contributed by atoms with Crippen LogP contribution in [-0.2, 0) is 4.75 Å². The summed E-state index contributed by atoms with van der Waals surface area (Å²) in [7, 11) is 0. The maximum Gasteiger partial charge on any atom is 0.122 e. The van der Waals surface area contributed by atoms with Crippen LogP contribution < -0.4 is 0 Å². The Morgan fingerprint density at radius 3 is 2.33 bits per heavy atom. The van der Waals surface area contributed by atoms with Gasteiger partial charge in [0.25, 0.3) is 0 Å². The summed E-state index contributed by atoms with van der Waals surface area (Å²) in [6.07, 6.45) is 0. The molecule has 0 radical (unpaired) electrons. The molecule has 1 nitrogen and oxygen atoms in total. The first-order valence-corrected chi connectivity index (χ1v) is 4.70. The van der Waals surface area contributed by atoms with Gasteiger partial charge in [-0.15, -0.1) is 0 Å². The Kier molecular flexibility index (Phi) is 2.81. The summed E-state index contributed by atoms with van der Waals surface area (Å²) in [6.45, 7) is 1.78. The van der Waals surface area contributed by atoms with Crippen molar-refractivity contribution in [2.24, 2.45) is 0 Å². The van der Waals surface area contributed by atoms with Crippen molar-refractivity contribution in [1.29, 1.82) is 5.26 Å². The van der Waals surface area contributed by atoms with E-state index in [-0.39, 0.29) is 0 Å². The average molecular weight is 242 g/mol. The van der Waals surface area contributed by atoms with Gasteiger partial charge in [0.15, 0.2) is 0 Å². The van der Waals surface area contributed by atoms with Crippen LogP contribution in [0.5, 0.6) is 0 Å². The fraction of sp³-hybridized carbons (Fsp3) is 0.222. The summed E-state index contributed by atoms with van der Waals surface area (Å²) in [4.78, 5) is 0. The van der Waals surface area contributed by atoms with Gasteiger partial charge < -0.3 is 0 Å². The van der Waals surface area contributed by atoms with Crippen LogP contribution in [-0.4, -0.2) is 0 Å². The molecule has 0 spiro atoms. The lowest BCUT2D eigenvalue weighted by atomic mass is 10.0. The van der Waals surface area contributed by atoms with Crippen molar-refractivity contribution in [3.05, 3.63) is 34.3 Å². The Morgan fingerprint density at radius 1 is 1.42 bits per heavy atom. The zero-order chi connectivity index (χ0) is 9.19. The molecule has 1 unspecified atom stereocenters. The molecule has 0 saturated carbocycles. The molecule has 0 heterocycles. The van der Waals surface area contributed by atoms with E-state index in [2.05, 4.69) is 34.6 Å². The Balaban J connectivity index is 3.07. The highest BCUT2D eigenvalue weighted by molar-refractivity contribution is 9.10. The topological polar surface area (TPSA) is 23.8 Å². The van der Waals surface area contributed by atoms with Crippen LogP contribution in [0.2, 0.25) is 0 Å². The lowest BCUT2D eigenvalue weighted by Gasteiger charge is -2.13. The normalized spacial score (nSPS) is 14.8. The number of benzene rings is 1. The van der Waals surface area contributed by atoms with Crippen molar-refractivity contribution in [2.75, 3.05) is 0 Å². The van der Waals surface area contributed by atoms with Gasteiger partial charge in [-0.25, -0.2) is 0 Å². The van der Waals surface area contributed by atoms with Crippen molar-refractivity contribution in [3.63, 3.8) is 0 Å². The predicted molar refractivity (Wildman–Crippen MR) is 56.1 cm³/mol. The highest BCUT2D eigenvalue weighted by atomic mass is 79.9. The summed E-state index contributed by atoms with van der Waals surface area (Å²) in [5.41, 5.74) is 0.913. The molecular weight excluding hydrogens is 234 g/mol. The first-order valence-electron chi connectivity index (χ1n) is 3.46. The largest absolute Gasteiger partial charge is 0.196 e. The quantitative estimate of drug-likeness (QED) is 0.751. The first kappa shape index (κ1) is 9.63. The number of rotatable bonds is 1. The van der Waals surface area contributed by atoms with Crippen LogP contribution in [0.15, 0.2) is 28.7 Å². The van der Waals surface area contributed by atoms with Crippen LogP contribution in [0.4, 0.5) is 0 Å². The molecule has 0 N–H and O–H groups in total. The Bertz CT molecular complexity index is 310. The van der Waals surface area contributed by atoms with E-state index in [0.717, 1.165) is 10.0 Å². The Hall–Kier alpha value is -0.460. The van der Waals surface area contributed by atoms with Gasteiger partial charge >= 0.3 is 0 Å². The van der Waals surface area contributed by atoms with Crippen LogP contribution in [0, 0.1) is 11.3 Å². The van der Waals surface area contributed by atoms with Gasteiger partial charge in [-0.1, -0.05) is 28.1 Å². The van der Waals surface area contributed by atoms with Crippen LogP contribution >= 0.6 is 28.6 Å². The van der Waals surface area contributed by atoms with Crippen LogP contribution in [0.3, 0.4) is 0 Å². The molecule has 1 aromatic rings. The molecule has 0 aliphatic carbocycles. The van der Waals surface area contributed by atoms with E-state index < -0.39 is 4.75 Å². The minimum absolute atomic E-state index is 0.694. The van der Waals surface area contributed by atoms with Crippen molar-refractivity contribution >= 4 is 28.6 Å². The fourth-order valence-electron chi connectivity index (χ4n) is 0.839. The second kappa shape index (κ2) is 3.51. The van der Waals surface area contributed by atoms with Gasteiger partial charge in [0.1, 0.15) is 4.75 Å². The predicted octanol–water partition coefficient (Wildman–Crippen LogP) is 3.12. The monoisotopic (exact) mass is 241 g/mol. The summed E-state index contributed by atoms with van der Waals surface area (Å²) in [6, 6.07) is 9.71. The van der Waals surface area contributed by atoms with Crippen LogP contribution in [0.25, 0.3) is 0 Å². The first-order chi connectivity index (χ1) is 5.56. The van der Waals surface area contributed by atoms with E-state index in [4.69, 9.17) is 5.26 Å². The highest BCUT2D eigenvalue weighted by Crippen LogP contribution is 2.27. The molecule has 0 aromatic heterocycles. The van der Waals surface area contributed by atoms with Crippen molar-refractivity contribution in [2.45, 2.75) is 11.7 Å². The van der Waals surface area contributed by atoms with Crippen molar-refractivity contribution < 1.29 is 0 Å². The number of thiol groups is 1. The molecule has 0 aliphatic rings. The molecule has 0 aliphatic heterocycles. The summed E-state index contributed by atoms with van der Waals surface area (Å²) >= 11 is 7.56. The summed E-state index contributed by atoms with van der Waals surface area (Å²) < 4.78 is 0.314. The Labute approximate surface area is 85.9 Å². The van der Waals surface area contributed by atoms with Gasteiger partial charge in [-0.2, -0.15) is 17.9 Å². The average Bonchev–Trinajstić information content (AvgIpc) is 2.05. The smallest absolute Gasteiger partial charge is 0.122 e. The highest BCUT2D eigenvalue weighted by Gasteiger charge is 2.19. The van der Waals surface area contributed by atoms with Gasteiger partial charge in [-0.05, 0) is 24.6 Å². The van der Waals surface area contributed by atoms with Gasteiger partial charge in [0, 0.05) is 4.47 Å². The number of nitrogens with zero attached hydrogens (tertiary/aromatic N) is 1. The lowest BCUT2D eigenvalue weighted by Crippen LogP contribution is -2.09. The molecule has 62 valence electrons. The lowest BCUT2D eigenvalue weighted by molar-refractivity contribution is 0.905. The third kappa shape index (κ3) is 2.02. The number of hydrogen-bond donors (Lipinski definition) is 1. The molecule has 3 heteroatoms. The molecule has 1 rings (SSSR count). The van der Waals surface area contributed by atoms with Crippen molar-refractivity contribution in [3.8, 4) is 6.07 Å². The second-order valence-corrected chi connectivity index (χ2v) is 4.50. The zero-order valence-corrected chi connectivity index (χ0v) is 9.06. The molecule has 0 bridgehead atoms. The molecule has 12 heavy (non-hydrogen) atoms. The van der Waals surface area contributed by atoms with Gasteiger partial charge in [0.05, 0.1) is 6.07 Å². The van der Waals surface area contributed by atoms with Crippen LogP contribution in [0.1, 0.15) is 12.5 Å². The van der Waals surface area contributed by atoms with Gasteiger partial charge in [-0.3, -0.25) is 0 Å². The fourth-order valence-corrected chi connectivity index (χ4v) is 1.25. The maximum absolute atomic E-state index is 8.78.